The van der Waals surface area contributed by atoms with E-state index in [9.17, 15) is 14.7 Å². The van der Waals surface area contributed by atoms with Crippen LogP contribution in [-0.2, 0) is 14.3 Å². The number of benzene rings is 2. The minimum atomic E-state index is -1.41. The normalized spacial score (nSPS) is 15.9. The van der Waals surface area contributed by atoms with Crippen molar-refractivity contribution in [1.82, 2.24) is 5.32 Å². The van der Waals surface area contributed by atoms with E-state index in [-0.39, 0.29) is 11.1 Å². The van der Waals surface area contributed by atoms with Gasteiger partial charge in [0.05, 0.1) is 29.4 Å². The molecule has 0 amide bonds. The smallest absolute Gasteiger partial charge is 0.337 e. The Hall–Kier alpha value is -3.56. The van der Waals surface area contributed by atoms with Crippen LogP contribution in [0.1, 0.15) is 18.1 Å². The quantitative estimate of drug-likeness (QED) is 0.365. The number of hydrogen-bond donors (Lipinski definition) is 2. The highest BCUT2D eigenvalue weighted by atomic mass is 28.3. The van der Waals surface area contributed by atoms with Gasteiger partial charge in [0, 0.05) is 19.3 Å². The number of carboxylic acids is 1. The number of carboxylic acid groups (broad SMARTS) is 1. The second-order valence-corrected chi connectivity index (χ2v) is 14.8. The van der Waals surface area contributed by atoms with Crippen molar-refractivity contribution in [1.29, 1.82) is 0 Å². The van der Waals surface area contributed by atoms with Gasteiger partial charge in [-0.1, -0.05) is 80.0 Å². The molecule has 1 heterocycles. The summed E-state index contributed by atoms with van der Waals surface area (Å²) in [4.78, 5) is 25.6. The third kappa shape index (κ3) is 6.24. The number of esters is 1. The first-order valence-corrected chi connectivity index (χ1v) is 14.6. The lowest BCUT2D eigenvalue weighted by Gasteiger charge is -2.28. The Morgan fingerprint density at radius 3 is 2.18 bits per heavy atom. The molecule has 3 rings (SSSR count). The number of allylic oxidation sites excluding steroid dienone is 1. The van der Waals surface area contributed by atoms with Crippen LogP contribution in [-0.4, -0.2) is 31.7 Å². The SMILES string of the molecule is CC1=C(C(=O)O)C(C#Cc2ccccc2)C(C(=O)OCC[Si](C)(C)C)=C(c2ccccc2)N1. The molecular weight excluding hydrogens is 430 g/mol. The van der Waals surface area contributed by atoms with E-state index in [0.717, 1.165) is 17.2 Å². The van der Waals surface area contributed by atoms with E-state index in [1.807, 2.05) is 60.7 Å². The first-order valence-electron chi connectivity index (χ1n) is 10.9. The molecule has 2 N–H and O–H groups in total. The van der Waals surface area contributed by atoms with E-state index >= 15 is 0 Å². The molecule has 2 aromatic rings. The highest BCUT2D eigenvalue weighted by Gasteiger charge is 2.37. The number of dihydropyridines is 1. The molecule has 1 unspecified atom stereocenters. The number of ether oxygens (including phenoxy) is 1. The topological polar surface area (TPSA) is 75.6 Å². The van der Waals surface area contributed by atoms with Gasteiger partial charge in [-0.15, -0.1) is 0 Å². The molecule has 0 bridgehead atoms. The van der Waals surface area contributed by atoms with E-state index in [1.54, 1.807) is 6.92 Å². The highest BCUT2D eigenvalue weighted by Crippen LogP contribution is 2.34. The van der Waals surface area contributed by atoms with Crippen LogP contribution >= 0.6 is 0 Å². The van der Waals surface area contributed by atoms with Gasteiger partial charge in [0.15, 0.2) is 0 Å². The average Bonchev–Trinajstić information content (AvgIpc) is 2.77. The summed E-state index contributed by atoms with van der Waals surface area (Å²) in [5.41, 5.74) is 2.77. The van der Waals surface area contributed by atoms with Gasteiger partial charge in [-0.2, -0.15) is 0 Å². The summed E-state index contributed by atoms with van der Waals surface area (Å²) in [6, 6.07) is 19.5. The molecule has 5 nitrogen and oxygen atoms in total. The maximum Gasteiger partial charge on any atom is 0.337 e. The summed E-state index contributed by atoms with van der Waals surface area (Å²) >= 11 is 0. The number of hydrogen-bond acceptors (Lipinski definition) is 4. The lowest BCUT2D eigenvalue weighted by molar-refractivity contribution is -0.138. The van der Waals surface area contributed by atoms with Gasteiger partial charge in [-0.3, -0.25) is 0 Å². The molecule has 2 aromatic carbocycles. The monoisotopic (exact) mass is 459 g/mol. The number of carbonyl (C=O) groups is 2. The van der Waals surface area contributed by atoms with Crippen molar-refractivity contribution in [2.75, 3.05) is 6.61 Å². The Labute approximate surface area is 196 Å². The van der Waals surface area contributed by atoms with Crippen LogP contribution in [0, 0.1) is 17.8 Å². The summed E-state index contributed by atoms with van der Waals surface area (Å²) in [6.45, 7) is 8.61. The Kier molecular flexibility index (Phi) is 7.57. The van der Waals surface area contributed by atoms with E-state index < -0.39 is 25.9 Å². The van der Waals surface area contributed by atoms with Crippen molar-refractivity contribution < 1.29 is 19.4 Å². The minimum absolute atomic E-state index is 0.0512. The van der Waals surface area contributed by atoms with E-state index in [0.29, 0.717) is 18.0 Å². The van der Waals surface area contributed by atoms with Crippen LogP contribution in [0.15, 0.2) is 77.5 Å². The van der Waals surface area contributed by atoms with Crippen molar-refractivity contribution in [3.63, 3.8) is 0 Å². The predicted molar refractivity (Wildman–Crippen MR) is 133 cm³/mol. The summed E-state index contributed by atoms with van der Waals surface area (Å²) in [7, 11) is -1.41. The molecule has 1 aliphatic rings. The van der Waals surface area contributed by atoms with Crippen molar-refractivity contribution in [3.05, 3.63) is 88.6 Å². The summed E-state index contributed by atoms with van der Waals surface area (Å²) < 4.78 is 5.67. The standard InChI is InChI=1S/C27H29NO4Si/c1-19-23(26(29)30)22(16-15-20-11-7-5-8-12-20)24(27(31)32-17-18-33(2,3)4)25(28-19)21-13-9-6-10-14-21/h5-14,22,28H,17-18H2,1-4H3,(H,29,30). The molecule has 1 atom stereocenters. The molecule has 0 fully saturated rings. The first-order chi connectivity index (χ1) is 15.7. The second kappa shape index (κ2) is 10.4. The highest BCUT2D eigenvalue weighted by molar-refractivity contribution is 6.76. The van der Waals surface area contributed by atoms with Crippen molar-refractivity contribution in [2.45, 2.75) is 32.6 Å². The third-order valence-corrected chi connectivity index (χ3v) is 7.00. The van der Waals surface area contributed by atoms with Gasteiger partial charge < -0.3 is 15.2 Å². The Morgan fingerprint density at radius 2 is 1.61 bits per heavy atom. The minimum Gasteiger partial charge on any atom is -0.478 e. The van der Waals surface area contributed by atoms with Gasteiger partial charge in [-0.25, -0.2) is 9.59 Å². The third-order valence-electron chi connectivity index (χ3n) is 5.30. The van der Waals surface area contributed by atoms with Crippen molar-refractivity contribution >= 4 is 25.7 Å². The molecule has 33 heavy (non-hydrogen) atoms. The van der Waals surface area contributed by atoms with Crippen LogP contribution in [0.3, 0.4) is 0 Å². The lowest BCUT2D eigenvalue weighted by Crippen LogP contribution is -2.33. The molecule has 0 saturated heterocycles. The molecule has 0 radical (unpaired) electrons. The van der Waals surface area contributed by atoms with Gasteiger partial charge >= 0.3 is 11.9 Å². The molecule has 0 aromatic heterocycles. The zero-order chi connectivity index (χ0) is 24.0. The largest absolute Gasteiger partial charge is 0.478 e. The van der Waals surface area contributed by atoms with Gasteiger partial charge in [0.2, 0.25) is 0 Å². The Balaban J connectivity index is 2.12. The average molecular weight is 460 g/mol. The molecular formula is C27H29NO4Si. The van der Waals surface area contributed by atoms with E-state index in [4.69, 9.17) is 4.74 Å². The van der Waals surface area contributed by atoms with E-state index in [2.05, 4.69) is 36.8 Å². The second-order valence-electron chi connectivity index (χ2n) is 9.14. The zero-order valence-corrected chi connectivity index (χ0v) is 20.4. The molecule has 0 spiro atoms. The maximum atomic E-state index is 13.4. The Bertz CT molecular complexity index is 1150. The fourth-order valence-corrected chi connectivity index (χ4v) is 4.23. The fourth-order valence-electron chi connectivity index (χ4n) is 3.51. The van der Waals surface area contributed by atoms with Gasteiger partial charge in [0.25, 0.3) is 0 Å². The molecule has 1 aliphatic heterocycles. The number of nitrogens with one attached hydrogen (secondary N) is 1. The van der Waals surface area contributed by atoms with Crippen molar-refractivity contribution in [2.24, 2.45) is 5.92 Å². The van der Waals surface area contributed by atoms with Crippen LogP contribution in [0.5, 0.6) is 0 Å². The molecule has 170 valence electrons. The predicted octanol–water partition coefficient (Wildman–Crippen LogP) is 4.91. The van der Waals surface area contributed by atoms with E-state index in [1.165, 1.54) is 0 Å². The van der Waals surface area contributed by atoms with Crippen molar-refractivity contribution in [3.8, 4) is 11.8 Å². The first kappa shape index (κ1) is 24.1. The Morgan fingerprint density at radius 1 is 1.00 bits per heavy atom. The molecule has 0 aliphatic carbocycles. The molecule has 0 saturated carbocycles. The van der Waals surface area contributed by atoms with Crippen LogP contribution in [0.2, 0.25) is 25.7 Å². The number of carbonyl (C=O) groups excluding carboxylic acids is 1. The summed E-state index contributed by atoms with van der Waals surface area (Å²) in [6.07, 6.45) is 0. The van der Waals surface area contributed by atoms with Crippen LogP contribution in [0.25, 0.3) is 5.70 Å². The van der Waals surface area contributed by atoms with Crippen LogP contribution < -0.4 is 5.32 Å². The van der Waals surface area contributed by atoms with Gasteiger partial charge in [-0.05, 0) is 30.7 Å². The fraction of sp³-hybridized carbons (Fsp3) is 0.259. The summed E-state index contributed by atoms with van der Waals surface area (Å²) in [5.74, 6) is 3.51. The summed E-state index contributed by atoms with van der Waals surface area (Å²) in [5, 5.41) is 13.1. The van der Waals surface area contributed by atoms with Gasteiger partial charge in [0.1, 0.15) is 0 Å². The number of rotatable bonds is 6. The number of aliphatic carboxylic acids is 1. The van der Waals surface area contributed by atoms with Crippen LogP contribution in [0.4, 0.5) is 0 Å². The maximum absolute atomic E-state index is 13.4. The lowest BCUT2D eigenvalue weighted by atomic mass is 9.84. The zero-order valence-electron chi connectivity index (χ0n) is 19.4. The molecule has 6 heteroatoms.